The number of amides is 3. The third kappa shape index (κ3) is 2.60. The van der Waals surface area contributed by atoms with Crippen molar-refractivity contribution in [3.8, 4) is 0 Å². The first-order valence-electron chi connectivity index (χ1n) is 6.36. The van der Waals surface area contributed by atoms with E-state index in [1.807, 2.05) is 0 Å². The number of nitrogens with one attached hydrogen (secondary N) is 1. The molecule has 2 aliphatic rings. The summed E-state index contributed by atoms with van der Waals surface area (Å²) in [7, 11) is 1.64. The van der Waals surface area contributed by atoms with Gasteiger partial charge in [-0.2, -0.15) is 0 Å². The summed E-state index contributed by atoms with van der Waals surface area (Å²) in [4.78, 5) is 25.3. The van der Waals surface area contributed by atoms with Gasteiger partial charge < -0.3 is 10.1 Å². The average molecular weight is 240 g/mol. The Hall–Kier alpha value is -1.10. The highest BCUT2D eigenvalue weighted by Gasteiger charge is 2.42. The van der Waals surface area contributed by atoms with Crippen LogP contribution >= 0.6 is 0 Å². The molecule has 3 amide bonds. The van der Waals surface area contributed by atoms with Crippen molar-refractivity contribution < 1.29 is 14.3 Å². The van der Waals surface area contributed by atoms with Crippen molar-refractivity contribution >= 4 is 11.9 Å². The number of hydrogen-bond acceptors (Lipinski definition) is 3. The molecule has 2 fully saturated rings. The van der Waals surface area contributed by atoms with Gasteiger partial charge >= 0.3 is 6.03 Å². The lowest BCUT2D eigenvalue weighted by Gasteiger charge is -2.20. The molecule has 1 heterocycles. The van der Waals surface area contributed by atoms with Crippen molar-refractivity contribution in [3.05, 3.63) is 0 Å². The van der Waals surface area contributed by atoms with E-state index in [4.69, 9.17) is 4.74 Å². The van der Waals surface area contributed by atoms with E-state index < -0.39 is 0 Å². The predicted octanol–water partition coefficient (Wildman–Crippen LogP) is 1.28. The summed E-state index contributed by atoms with van der Waals surface area (Å²) in [6.07, 6.45) is 5.63. The minimum Gasteiger partial charge on any atom is -0.385 e. The highest BCUT2D eigenvalue weighted by molar-refractivity contribution is 6.04. The third-order valence-electron chi connectivity index (χ3n) is 3.58. The van der Waals surface area contributed by atoms with Gasteiger partial charge in [-0.1, -0.05) is 12.8 Å². The first-order valence-corrected chi connectivity index (χ1v) is 6.36. The summed E-state index contributed by atoms with van der Waals surface area (Å²) in [5, 5.41) is 2.77. The van der Waals surface area contributed by atoms with Crippen LogP contribution in [-0.2, 0) is 9.53 Å². The fraction of sp³-hybridized carbons (Fsp3) is 0.833. The zero-order valence-electron chi connectivity index (χ0n) is 10.3. The van der Waals surface area contributed by atoms with Gasteiger partial charge in [-0.15, -0.1) is 0 Å². The SMILES string of the molecule is COCCCC1NC(=O)N(C2CCCC2)C1=O. The van der Waals surface area contributed by atoms with Gasteiger partial charge in [0.25, 0.3) is 5.91 Å². The molecule has 0 aromatic carbocycles. The maximum absolute atomic E-state index is 12.1. The zero-order valence-corrected chi connectivity index (χ0v) is 10.3. The molecule has 1 aliphatic carbocycles. The number of nitrogens with zero attached hydrogens (tertiary/aromatic N) is 1. The second-order valence-electron chi connectivity index (χ2n) is 4.78. The number of carbonyl (C=O) groups excluding carboxylic acids is 2. The van der Waals surface area contributed by atoms with Crippen LogP contribution in [0, 0.1) is 0 Å². The van der Waals surface area contributed by atoms with Crippen LogP contribution in [0.5, 0.6) is 0 Å². The van der Waals surface area contributed by atoms with E-state index in [1.54, 1.807) is 7.11 Å². The van der Waals surface area contributed by atoms with E-state index in [9.17, 15) is 9.59 Å². The number of methoxy groups -OCH3 is 1. The predicted molar refractivity (Wildman–Crippen MR) is 62.5 cm³/mol. The number of ether oxygens (including phenoxy) is 1. The van der Waals surface area contributed by atoms with E-state index in [0.717, 1.165) is 32.1 Å². The van der Waals surface area contributed by atoms with Gasteiger partial charge in [0.2, 0.25) is 0 Å². The standard InChI is InChI=1S/C12H20N2O3/c1-17-8-4-7-10-11(15)14(12(16)13-10)9-5-2-3-6-9/h9-10H,2-8H2,1H3,(H,13,16). The van der Waals surface area contributed by atoms with E-state index in [2.05, 4.69) is 5.32 Å². The molecule has 1 atom stereocenters. The maximum Gasteiger partial charge on any atom is 0.325 e. The molecule has 0 spiro atoms. The summed E-state index contributed by atoms with van der Waals surface area (Å²) in [5.74, 6) is -0.0435. The van der Waals surface area contributed by atoms with Gasteiger partial charge in [0, 0.05) is 19.8 Å². The summed E-state index contributed by atoms with van der Waals surface area (Å²) in [6.45, 7) is 0.628. The highest BCUT2D eigenvalue weighted by Crippen LogP contribution is 2.26. The number of hydrogen-bond donors (Lipinski definition) is 1. The fourth-order valence-electron chi connectivity index (χ4n) is 2.68. The summed E-state index contributed by atoms with van der Waals surface area (Å²) in [6, 6.07) is -0.405. The van der Waals surface area contributed by atoms with Crippen LogP contribution in [0.25, 0.3) is 0 Å². The second kappa shape index (κ2) is 5.49. The molecular formula is C12H20N2O3. The van der Waals surface area contributed by atoms with Gasteiger partial charge in [0.15, 0.2) is 0 Å². The molecule has 0 aromatic rings. The summed E-state index contributed by atoms with van der Waals surface area (Å²) in [5.41, 5.74) is 0. The van der Waals surface area contributed by atoms with E-state index >= 15 is 0 Å². The van der Waals surface area contributed by atoms with Gasteiger partial charge in [0.05, 0.1) is 0 Å². The van der Waals surface area contributed by atoms with Crippen molar-refractivity contribution in [2.45, 2.75) is 50.6 Å². The number of carbonyl (C=O) groups is 2. The Morgan fingerprint density at radius 3 is 2.71 bits per heavy atom. The molecule has 5 heteroatoms. The molecule has 96 valence electrons. The van der Waals surface area contributed by atoms with E-state index in [-0.39, 0.29) is 24.0 Å². The van der Waals surface area contributed by atoms with Crippen LogP contribution in [0.2, 0.25) is 0 Å². The first-order chi connectivity index (χ1) is 8.24. The van der Waals surface area contributed by atoms with Crippen molar-refractivity contribution in [2.75, 3.05) is 13.7 Å². The lowest BCUT2D eigenvalue weighted by Crippen LogP contribution is -2.39. The monoisotopic (exact) mass is 240 g/mol. The first kappa shape index (κ1) is 12.4. The quantitative estimate of drug-likeness (QED) is 0.581. The molecule has 2 rings (SSSR count). The smallest absolute Gasteiger partial charge is 0.325 e. The highest BCUT2D eigenvalue weighted by atomic mass is 16.5. The van der Waals surface area contributed by atoms with Crippen LogP contribution in [0.15, 0.2) is 0 Å². The lowest BCUT2D eigenvalue weighted by atomic mass is 10.1. The number of rotatable bonds is 5. The Balaban J connectivity index is 1.91. The third-order valence-corrected chi connectivity index (χ3v) is 3.58. The Labute approximate surface area is 101 Å². The van der Waals surface area contributed by atoms with Gasteiger partial charge in [-0.05, 0) is 25.7 Å². The summed E-state index contributed by atoms with van der Waals surface area (Å²) >= 11 is 0. The molecule has 0 bridgehead atoms. The van der Waals surface area contributed by atoms with E-state index in [1.165, 1.54) is 4.90 Å². The molecular weight excluding hydrogens is 220 g/mol. The Kier molecular flexibility index (Phi) is 3.99. The normalized spacial score (nSPS) is 25.7. The Morgan fingerprint density at radius 1 is 1.35 bits per heavy atom. The van der Waals surface area contributed by atoms with Gasteiger partial charge in [-0.3, -0.25) is 9.69 Å². The molecule has 0 radical (unpaired) electrons. The topological polar surface area (TPSA) is 58.6 Å². The average Bonchev–Trinajstić information content (AvgIpc) is 2.89. The molecule has 1 saturated heterocycles. The maximum atomic E-state index is 12.1. The molecule has 0 aromatic heterocycles. The fourth-order valence-corrected chi connectivity index (χ4v) is 2.68. The second-order valence-corrected chi connectivity index (χ2v) is 4.78. The molecule has 1 N–H and O–H groups in total. The van der Waals surface area contributed by atoms with Crippen LogP contribution in [-0.4, -0.2) is 42.6 Å². The zero-order chi connectivity index (χ0) is 12.3. The molecule has 1 saturated carbocycles. The summed E-state index contributed by atoms with van der Waals surface area (Å²) < 4.78 is 4.95. The molecule has 1 unspecified atom stereocenters. The van der Waals surface area contributed by atoms with E-state index in [0.29, 0.717) is 13.0 Å². The largest absolute Gasteiger partial charge is 0.385 e. The van der Waals surface area contributed by atoms with Crippen LogP contribution in [0.3, 0.4) is 0 Å². The van der Waals surface area contributed by atoms with Crippen molar-refractivity contribution in [1.29, 1.82) is 0 Å². The number of urea groups is 1. The van der Waals surface area contributed by atoms with Crippen molar-refractivity contribution in [2.24, 2.45) is 0 Å². The molecule has 1 aliphatic heterocycles. The molecule has 5 nitrogen and oxygen atoms in total. The minimum absolute atomic E-state index is 0.0435. The van der Waals surface area contributed by atoms with Gasteiger partial charge in [-0.25, -0.2) is 4.79 Å². The van der Waals surface area contributed by atoms with Crippen LogP contribution in [0.1, 0.15) is 38.5 Å². The number of imide groups is 1. The van der Waals surface area contributed by atoms with Crippen LogP contribution in [0.4, 0.5) is 4.79 Å². The van der Waals surface area contributed by atoms with Crippen LogP contribution < -0.4 is 5.32 Å². The van der Waals surface area contributed by atoms with Crippen molar-refractivity contribution in [3.63, 3.8) is 0 Å². The Morgan fingerprint density at radius 2 is 2.06 bits per heavy atom. The van der Waals surface area contributed by atoms with Crippen molar-refractivity contribution in [1.82, 2.24) is 10.2 Å². The lowest BCUT2D eigenvalue weighted by molar-refractivity contribution is -0.129. The minimum atomic E-state index is -0.335. The Bertz CT molecular complexity index is 300. The van der Waals surface area contributed by atoms with Gasteiger partial charge in [0.1, 0.15) is 6.04 Å². The molecule has 17 heavy (non-hydrogen) atoms.